The van der Waals surface area contributed by atoms with Gasteiger partial charge in [-0.3, -0.25) is 4.79 Å². The molecule has 0 N–H and O–H groups in total. The summed E-state index contributed by atoms with van der Waals surface area (Å²) in [7, 11) is 1.84. The zero-order valence-corrected chi connectivity index (χ0v) is 6.47. The van der Waals surface area contributed by atoms with Crippen LogP contribution in [0, 0.1) is 6.92 Å². The molecule has 0 atom stereocenters. The summed E-state index contributed by atoms with van der Waals surface area (Å²) in [5.74, 6) is -0.0492. The molecule has 0 aromatic carbocycles. The fourth-order valence-electron chi connectivity index (χ4n) is 1.50. The molecule has 0 aromatic heterocycles. The third-order valence-electron chi connectivity index (χ3n) is 2.27. The second-order valence-corrected chi connectivity index (χ2v) is 2.94. The van der Waals surface area contributed by atoms with Gasteiger partial charge in [0, 0.05) is 20.0 Å². The number of hydrogen-bond donors (Lipinski definition) is 0. The molecule has 1 amide bonds. The van der Waals surface area contributed by atoms with Crippen LogP contribution in [0.25, 0.3) is 0 Å². The molecule has 0 saturated heterocycles. The van der Waals surface area contributed by atoms with E-state index in [1.807, 2.05) is 7.05 Å². The molecular formula is C8H14NO. The van der Waals surface area contributed by atoms with Gasteiger partial charge in [0.05, 0.1) is 0 Å². The van der Waals surface area contributed by atoms with Gasteiger partial charge in [-0.2, -0.15) is 0 Å². The van der Waals surface area contributed by atoms with Crippen LogP contribution in [0.5, 0.6) is 0 Å². The quantitative estimate of drug-likeness (QED) is 0.536. The molecule has 1 saturated carbocycles. The van der Waals surface area contributed by atoms with Crippen LogP contribution < -0.4 is 0 Å². The summed E-state index contributed by atoms with van der Waals surface area (Å²) in [6, 6.07) is 0.477. The van der Waals surface area contributed by atoms with Crippen molar-refractivity contribution < 1.29 is 4.79 Å². The minimum atomic E-state index is -0.0492. The first-order valence-corrected chi connectivity index (χ1v) is 3.80. The predicted molar refractivity (Wildman–Crippen MR) is 40.4 cm³/mol. The maximum Gasteiger partial charge on any atom is 0.223 e. The van der Waals surface area contributed by atoms with Crippen molar-refractivity contribution in [2.75, 3.05) is 7.05 Å². The van der Waals surface area contributed by atoms with Crippen LogP contribution in [0.2, 0.25) is 0 Å². The maximum absolute atomic E-state index is 10.7. The zero-order valence-electron chi connectivity index (χ0n) is 6.47. The van der Waals surface area contributed by atoms with Gasteiger partial charge in [-0.05, 0) is 12.8 Å². The van der Waals surface area contributed by atoms with Gasteiger partial charge in [0.2, 0.25) is 5.91 Å². The molecule has 0 unspecified atom stereocenters. The van der Waals surface area contributed by atoms with E-state index in [4.69, 9.17) is 0 Å². The first-order chi connectivity index (χ1) is 4.72. The minimum Gasteiger partial charge on any atom is -0.343 e. The Morgan fingerprint density at radius 1 is 1.50 bits per heavy atom. The zero-order chi connectivity index (χ0) is 7.56. The van der Waals surface area contributed by atoms with Crippen LogP contribution in [0.15, 0.2) is 0 Å². The Morgan fingerprint density at radius 3 is 2.40 bits per heavy atom. The fourth-order valence-corrected chi connectivity index (χ4v) is 1.50. The molecule has 0 aromatic rings. The van der Waals surface area contributed by atoms with Crippen molar-refractivity contribution in [2.45, 2.75) is 31.7 Å². The van der Waals surface area contributed by atoms with Crippen molar-refractivity contribution in [3.8, 4) is 0 Å². The maximum atomic E-state index is 10.7. The molecule has 1 rings (SSSR count). The highest BCUT2D eigenvalue weighted by atomic mass is 16.2. The van der Waals surface area contributed by atoms with Crippen LogP contribution in [0.3, 0.4) is 0 Å². The van der Waals surface area contributed by atoms with E-state index in [0.717, 1.165) is 12.8 Å². The van der Waals surface area contributed by atoms with Gasteiger partial charge < -0.3 is 4.90 Å². The molecule has 0 heterocycles. The van der Waals surface area contributed by atoms with E-state index in [-0.39, 0.29) is 5.91 Å². The predicted octanol–water partition coefficient (Wildman–Crippen LogP) is 1.22. The second-order valence-electron chi connectivity index (χ2n) is 2.94. The van der Waals surface area contributed by atoms with Crippen LogP contribution in [0.1, 0.15) is 25.7 Å². The Balaban J connectivity index is 2.39. The Morgan fingerprint density at radius 2 is 2.00 bits per heavy atom. The molecule has 2 nitrogen and oxygen atoms in total. The average Bonchev–Trinajstić information content (AvgIpc) is 2.36. The van der Waals surface area contributed by atoms with Crippen molar-refractivity contribution in [3.63, 3.8) is 0 Å². The van der Waals surface area contributed by atoms with Crippen molar-refractivity contribution in [3.05, 3.63) is 6.92 Å². The molecule has 2 heteroatoms. The molecule has 1 fully saturated rings. The first kappa shape index (κ1) is 7.58. The number of nitrogens with zero attached hydrogens (tertiary/aromatic N) is 1. The van der Waals surface area contributed by atoms with Crippen LogP contribution in [-0.4, -0.2) is 23.9 Å². The summed E-state index contributed by atoms with van der Waals surface area (Å²) >= 11 is 0. The van der Waals surface area contributed by atoms with E-state index in [9.17, 15) is 4.79 Å². The van der Waals surface area contributed by atoms with Gasteiger partial charge in [-0.15, -0.1) is 0 Å². The van der Waals surface area contributed by atoms with Crippen molar-refractivity contribution in [1.82, 2.24) is 4.90 Å². The molecule has 0 spiro atoms. The molecule has 0 aliphatic heterocycles. The largest absolute Gasteiger partial charge is 0.343 e. The summed E-state index contributed by atoms with van der Waals surface area (Å²) in [6.45, 7) is 3.37. The number of carbonyl (C=O) groups excluding carboxylic acids is 1. The van der Waals surface area contributed by atoms with Crippen molar-refractivity contribution >= 4 is 5.91 Å². The third-order valence-corrected chi connectivity index (χ3v) is 2.27. The van der Waals surface area contributed by atoms with Crippen molar-refractivity contribution in [1.29, 1.82) is 0 Å². The molecule has 1 aliphatic carbocycles. The topological polar surface area (TPSA) is 20.3 Å². The van der Waals surface area contributed by atoms with Crippen LogP contribution in [-0.2, 0) is 4.79 Å². The lowest BCUT2D eigenvalue weighted by molar-refractivity contribution is -0.126. The Bertz CT molecular complexity index is 127. The minimum absolute atomic E-state index is 0.0492. The van der Waals surface area contributed by atoms with E-state index in [2.05, 4.69) is 6.92 Å². The fraction of sp³-hybridized carbons (Fsp3) is 0.750. The third kappa shape index (κ3) is 1.49. The molecule has 57 valence electrons. The standard InChI is InChI=1S/C8H14NO/c1-7(10)9(2)8-5-3-4-6-8/h8H,1,3-6H2,2H3. The second kappa shape index (κ2) is 3.04. The monoisotopic (exact) mass is 140 g/mol. The Hall–Kier alpha value is -0.530. The lowest BCUT2D eigenvalue weighted by atomic mass is 10.2. The summed E-state index contributed by atoms with van der Waals surface area (Å²) in [4.78, 5) is 12.5. The van der Waals surface area contributed by atoms with Crippen LogP contribution >= 0.6 is 0 Å². The van der Waals surface area contributed by atoms with Crippen molar-refractivity contribution in [2.24, 2.45) is 0 Å². The molecule has 0 bridgehead atoms. The normalized spacial score (nSPS) is 19.4. The Kier molecular flexibility index (Phi) is 2.30. The number of carbonyl (C=O) groups is 1. The van der Waals surface area contributed by atoms with E-state index in [1.54, 1.807) is 4.90 Å². The number of rotatable bonds is 1. The highest BCUT2D eigenvalue weighted by Gasteiger charge is 2.20. The summed E-state index contributed by atoms with van der Waals surface area (Å²) in [5.41, 5.74) is 0. The van der Waals surface area contributed by atoms with E-state index >= 15 is 0 Å². The smallest absolute Gasteiger partial charge is 0.223 e. The first-order valence-electron chi connectivity index (χ1n) is 3.80. The van der Waals surface area contributed by atoms with Gasteiger partial charge in [0.25, 0.3) is 0 Å². The van der Waals surface area contributed by atoms with Gasteiger partial charge >= 0.3 is 0 Å². The van der Waals surface area contributed by atoms with Gasteiger partial charge in [-0.1, -0.05) is 12.8 Å². The highest BCUT2D eigenvalue weighted by molar-refractivity contribution is 5.80. The summed E-state index contributed by atoms with van der Waals surface area (Å²) in [6.07, 6.45) is 4.86. The lowest BCUT2D eigenvalue weighted by Crippen LogP contribution is -2.33. The van der Waals surface area contributed by atoms with E-state index in [1.165, 1.54) is 12.8 Å². The summed E-state index contributed by atoms with van der Waals surface area (Å²) in [5, 5.41) is 0. The van der Waals surface area contributed by atoms with E-state index in [0.29, 0.717) is 6.04 Å². The summed E-state index contributed by atoms with van der Waals surface area (Å²) < 4.78 is 0. The molecule has 1 aliphatic rings. The van der Waals surface area contributed by atoms with Gasteiger partial charge in [-0.25, -0.2) is 0 Å². The highest BCUT2D eigenvalue weighted by Crippen LogP contribution is 2.21. The SMILES string of the molecule is [CH2]C(=O)N(C)C1CCCC1. The van der Waals surface area contributed by atoms with Gasteiger partial charge in [0.1, 0.15) is 0 Å². The lowest BCUT2D eigenvalue weighted by Gasteiger charge is -2.22. The average molecular weight is 140 g/mol. The Labute approximate surface area is 62.2 Å². The molecule has 10 heavy (non-hydrogen) atoms. The van der Waals surface area contributed by atoms with Crippen LogP contribution in [0.4, 0.5) is 0 Å². The van der Waals surface area contributed by atoms with E-state index < -0.39 is 0 Å². The number of hydrogen-bond acceptors (Lipinski definition) is 1. The molecular weight excluding hydrogens is 126 g/mol. The van der Waals surface area contributed by atoms with Gasteiger partial charge in [0.15, 0.2) is 0 Å². The number of amides is 1. The molecule has 1 radical (unpaired) electrons.